The molecule has 2 aliphatic carbocycles. The molecule has 2 aliphatic rings. The highest BCUT2D eigenvalue weighted by molar-refractivity contribution is 5.98. The summed E-state index contributed by atoms with van der Waals surface area (Å²) in [6, 6.07) is 17.7. The number of amides is 4. The zero-order valence-electron chi connectivity index (χ0n) is 36.9. The Hall–Kier alpha value is -5.88. The molecule has 0 saturated heterocycles. The number of ether oxygens (including phenoxy) is 1. The predicted molar refractivity (Wildman–Crippen MR) is 234 cm³/mol. The van der Waals surface area contributed by atoms with Gasteiger partial charge >= 0.3 is 17.9 Å². The number of hydrogen-bond donors (Lipinski definition) is 7. The van der Waals surface area contributed by atoms with E-state index in [0.717, 1.165) is 35.1 Å². The fourth-order valence-electron chi connectivity index (χ4n) is 8.08. The molecular formula is C47H57F4N7O7. The van der Waals surface area contributed by atoms with E-state index < -0.39 is 47.9 Å². The number of anilines is 1. The molecule has 6 rings (SSSR count). The number of carbonyl (C=O) groups excluding carboxylic acids is 4. The molecular weight excluding hydrogens is 851 g/mol. The van der Waals surface area contributed by atoms with Crippen LogP contribution in [0.25, 0.3) is 22.5 Å². The van der Waals surface area contributed by atoms with E-state index in [1.807, 2.05) is 48.4 Å². The lowest BCUT2D eigenvalue weighted by atomic mass is 9.81. The van der Waals surface area contributed by atoms with Crippen LogP contribution in [0.4, 0.5) is 28.0 Å². The Morgan fingerprint density at radius 3 is 2.12 bits per heavy atom. The minimum atomic E-state index is -4.82. The molecule has 2 fully saturated rings. The third-order valence-corrected chi connectivity index (χ3v) is 11.9. The van der Waals surface area contributed by atoms with Crippen LogP contribution < -0.4 is 21.3 Å². The maximum Gasteiger partial charge on any atom is 0.407 e. The number of aliphatic hydroxyl groups excluding tert-OH is 2. The number of halogens is 4. The number of nitrogens with zero attached hydrogens (tertiary/aromatic N) is 2. The Balaban J connectivity index is 1.13. The largest absolute Gasteiger partial charge is 0.444 e. The van der Waals surface area contributed by atoms with Crippen molar-refractivity contribution in [2.75, 3.05) is 18.5 Å². The van der Waals surface area contributed by atoms with Gasteiger partial charge in [0, 0.05) is 41.7 Å². The van der Waals surface area contributed by atoms with Crippen molar-refractivity contribution in [2.24, 2.45) is 11.8 Å². The molecule has 65 heavy (non-hydrogen) atoms. The van der Waals surface area contributed by atoms with Crippen LogP contribution in [0.3, 0.4) is 0 Å². The molecule has 0 unspecified atom stereocenters. The second kappa shape index (κ2) is 20.5. The van der Waals surface area contributed by atoms with E-state index in [4.69, 9.17) is 9.84 Å². The number of carbonyl (C=O) groups is 4. The van der Waals surface area contributed by atoms with Crippen molar-refractivity contribution in [3.63, 3.8) is 0 Å². The molecule has 2 saturated carbocycles. The normalized spacial score (nSPS) is 19.7. The number of aromatic amines is 1. The molecule has 4 aromatic rings. The smallest absolute Gasteiger partial charge is 0.407 e. The summed E-state index contributed by atoms with van der Waals surface area (Å²) in [6.45, 7) is 5.59. The molecule has 1 heterocycles. The average Bonchev–Trinajstić information content (AvgIpc) is 3.78. The first-order valence-electron chi connectivity index (χ1n) is 21.9. The zero-order valence-corrected chi connectivity index (χ0v) is 36.9. The first kappa shape index (κ1) is 48.6. The number of rotatable bonds is 15. The SMILES string of the molecule is Cc1cc(C(=O)NC2CCC(O)CC2)ccc1-c1ccc(C[C@H](NC(=O)C2CCC(CNC(=O)OC(C)(C)C)CC2)C(=O)Nc2ccc(-c3n[nH]c(C(F)(F)C(F)(F)CO)n3)cc2)cc1. The van der Waals surface area contributed by atoms with Crippen LogP contribution in [0.1, 0.15) is 99.4 Å². The van der Waals surface area contributed by atoms with Crippen molar-refractivity contribution >= 4 is 29.5 Å². The van der Waals surface area contributed by atoms with Crippen LogP contribution in [0.15, 0.2) is 66.7 Å². The van der Waals surface area contributed by atoms with Crippen molar-refractivity contribution in [1.29, 1.82) is 0 Å². The van der Waals surface area contributed by atoms with Crippen LogP contribution in [0.5, 0.6) is 0 Å². The number of H-pyrrole nitrogens is 1. The van der Waals surface area contributed by atoms with Gasteiger partial charge in [-0.15, -0.1) is 0 Å². The highest BCUT2D eigenvalue weighted by Gasteiger charge is 2.59. The molecule has 14 nitrogen and oxygen atoms in total. The van der Waals surface area contributed by atoms with Gasteiger partial charge in [0.25, 0.3) is 5.91 Å². The Kier molecular flexibility index (Phi) is 15.3. The van der Waals surface area contributed by atoms with E-state index in [1.165, 1.54) is 24.3 Å². The van der Waals surface area contributed by atoms with Gasteiger partial charge in [0.05, 0.1) is 6.10 Å². The van der Waals surface area contributed by atoms with E-state index in [0.29, 0.717) is 50.6 Å². The van der Waals surface area contributed by atoms with Crippen LogP contribution in [-0.4, -0.2) is 92.1 Å². The Morgan fingerprint density at radius 2 is 1.51 bits per heavy atom. The highest BCUT2D eigenvalue weighted by Crippen LogP contribution is 2.41. The topological polar surface area (TPSA) is 208 Å². The highest BCUT2D eigenvalue weighted by atomic mass is 19.3. The fraction of sp³-hybridized carbons (Fsp3) is 0.489. The number of aromatic nitrogens is 3. The minimum Gasteiger partial charge on any atom is -0.444 e. The maximum atomic E-state index is 14.3. The molecule has 1 aromatic heterocycles. The number of aliphatic hydroxyl groups is 2. The van der Waals surface area contributed by atoms with Crippen molar-refractivity contribution in [3.05, 3.63) is 89.2 Å². The summed E-state index contributed by atoms with van der Waals surface area (Å²) in [6.07, 6.45) is 4.55. The minimum absolute atomic E-state index is 0.0229. The first-order valence-corrected chi connectivity index (χ1v) is 21.9. The lowest BCUT2D eigenvalue weighted by molar-refractivity contribution is -0.236. The van der Waals surface area contributed by atoms with Gasteiger partial charge in [0.1, 0.15) is 18.2 Å². The Labute approximate surface area is 374 Å². The van der Waals surface area contributed by atoms with Gasteiger partial charge in [0.15, 0.2) is 5.82 Å². The van der Waals surface area contributed by atoms with E-state index >= 15 is 0 Å². The number of hydrogen-bond acceptors (Lipinski definition) is 9. The number of alkyl halides is 4. The van der Waals surface area contributed by atoms with Crippen LogP contribution in [-0.2, 0) is 26.7 Å². The molecule has 350 valence electrons. The van der Waals surface area contributed by atoms with Gasteiger partial charge in [-0.25, -0.2) is 9.78 Å². The number of aryl methyl sites for hydroxylation is 1. The molecule has 0 aliphatic heterocycles. The average molecular weight is 908 g/mol. The van der Waals surface area contributed by atoms with Crippen LogP contribution >= 0.6 is 0 Å². The standard InChI is InChI=1S/C47H57F4N7O7/c1-27-23-33(41(62)53-35-18-20-36(60)21-19-35)15-22-37(27)30-9-5-28(6-10-30)24-38(55-40(61)32-11-7-29(8-12-32)25-52-44(64)65-45(2,3)4)42(63)54-34-16-13-31(14-17-34)39-56-43(58-57-39)47(50,51)46(48,49)26-59/h5-6,9-10,13-17,22-23,29,32,35-36,38,59-60H,7-8,11-12,18-21,24-26H2,1-4H3,(H,52,64)(H,53,62)(H,54,63)(H,55,61)(H,56,57,58)/t29?,32?,35?,36?,38-/m0/s1. The summed E-state index contributed by atoms with van der Waals surface area (Å²) >= 11 is 0. The Morgan fingerprint density at radius 1 is 0.862 bits per heavy atom. The van der Waals surface area contributed by atoms with Gasteiger partial charge in [-0.05, 0) is 144 Å². The van der Waals surface area contributed by atoms with E-state index in [2.05, 4.69) is 31.3 Å². The third-order valence-electron chi connectivity index (χ3n) is 11.9. The molecule has 18 heteroatoms. The zero-order chi connectivity index (χ0) is 47.1. The summed E-state index contributed by atoms with van der Waals surface area (Å²) < 4.78 is 61.4. The summed E-state index contributed by atoms with van der Waals surface area (Å²) in [4.78, 5) is 56.4. The molecule has 1 atom stereocenters. The van der Waals surface area contributed by atoms with Gasteiger partial charge in [-0.3, -0.25) is 19.5 Å². The summed E-state index contributed by atoms with van der Waals surface area (Å²) in [7, 11) is 0. The van der Waals surface area contributed by atoms with Crippen molar-refractivity contribution in [1.82, 2.24) is 31.1 Å². The molecule has 0 spiro atoms. The van der Waals surface area contributed by atoms with Crippen molar-refractivity contribution in [3.8, 4) is 22.5 Å². The number of nitrogens with one attached hydrogen (secondary N) is 5. The predicted octanol–water partition coefficient (Wildman–Crippen LogP) is 7.20. The molecule has 0 radical (unpaired) electrons. The first-order chi connectivity index (χ1) is 30.7. The van der Waals surface area contributed by atoms with Crippen LogP contribution in [0.2, 0.25) is 0 Å². The second-order valence-corrected chi connectivity index (χ2v) is 18.1. The maximum absolute atomic E-state index is 14.3. The second-order valence-electron chi connectivity index (χ2n) is 18.1. The van der Waals surface area contributed by atoms with Crippen LogP contribution in [0, 0.1) is 18.8 Å². The van der Waals surface area contributed by atoms with Gasteiger partial charge in [0.2, 0.25) is 17.6 Å². The van der Waals surface area contributed by atoms with Gasteiger partial charge in [-0.2, -0.15) is 22.7 Å². The molecule has 4 amide bonds. The third kappa shape index (κ3) is 12.7. The lowest BCUT2D eigenvalue weighted by Crippen LogP contribution is -2.48. The van der Waals surface area contributed by atoms with E-state index in [-0.39, 0.29) is 59.3 Å². The molecule has 3 aromatic carbocycles. The van der Waals surface area contributed by atoms with Gasteiger partial charge < -0.3 is 36.2 Å². The van der Waals surface area contributed by atoms with Crippen molar-refractivity contribution in [2.45, 2.75) is 121 Å². The number of alkyl carbamates (subject to hydrolysis) is 1. The summed E-state index contributed by atoms with van der Waals surface area (Å²) in [5.74, 6) is -12.5. The van der Waals surface area contributed by atoms with Crippen molar-refractivity contribution < 1.29 is 51.7 Å². The van der Waals surface area contributed by atoms with E-state index in [1.54, 1.807) is 26.8 Å². The molecule has 7 N–H and O–H groups in total. The summed E-state index contributed by atoms with van der Waals surface area (Å²) in [5, 5.41) is 35.7. The quantitative estimate of drug-likeness (QED) is 0.0602. The summed E-state index contributed by atoms with van der Waals surface area (Å²) in [5.41, 5.74) is 3.79. The Bertz CT molecular complexity index is 2280. The van der Waals surface area contributed by atoms with E-state index in [9.17, 15) is 41.8 Å². The molecule has 0 bridgehead atoms. The number of benzene rings is 3. The monoisotopic (exact) mass is 907 g/mol. The lowest BCUT2D eigenvalue weighted by Gasteiger charge is -2.29. The van der Waals surface area contributed by atoms with Gasteiger partial charge in [-0.1, -0.05) is 30.3 Å². The fourth-order valence-corrected chi connectivity index (χ4v) is 8.08.